The number of aliphatic carboxylic acids is 1. The van der Waals surface area contributed by atoms with Crippen LogP contribution in [-0.2, 0) is 17.9 Å². The second-order valence-electron chi connectivity index (χ2n) is 8.84. The lowest BCUT2D eigenvalue weighted by Gasteiger charge is -2.15. The van der Waals surface area contributed by atoms with Crippen molar-refractivity contribution in [2.75, 3.05) is 0 Å². The number of benzene rings is 3. The summed E-state index contributed by atoms with van der Waals surface area (Å²) in [6.07, 6.45) is -0.682. The third-order valence-corrected chi connectivity index (χ3v) is 6.73. The number of para-hydroxylation sites is 1. The maximum absolute atomic E-state index is 13.1. The maximum atomic E-state index is 13.1. The lowest BCUT2D eigenvalue weighted by molar-refractivity contribution is -0.139. The van der Waals surface area contributed by atoms with Crippen molar-refractivity contribution in [2.45, 2.75) is 25.6 Å². The number of aliphatic hydroxyl groups excluding tert-OH is 1. The molecule has 0 bridgehead atoms. The van der Waals surface area contributed by atoms with Gasteiger partial charge in [0.05, 0.1) is 22.2 Å². The number of Topliss-reactive ketones (excluding diaryl/α,β-unsaturated/α-hetero) is 1. The minimum absolute atomic E-state index is 0.0282. The molecule has 6 N–H and O–H groups in total. The van der Waals surface area contributed by atoms with Gasteiger partial charge in [0.15, 0.2) is 5.78 Å². The number of phenolic OH excluding ortho intramolecular Hbond substituents is 1. The van der Waals surface area contributed by atoms with Gasteiger partial charge in [-0.1, -0.05) is 53.5 Å². The molecule has 3 aromatic carbocycles. The van der Waals surface area contributed by atoms with Gasteiger partial charge in [-0.25, -0.2) is 4.79 Å². The molecule has 1 atom stereocenters. The Morgan fingerprint density at radius 3 is 2.27 bits per heavy atom. The zero-order chi connectivity index (χ0) is 29.0. The van der Waals surface area contributed by atoms with Crippen molar-refractivity contribution in [2.24, 2.45) is 0 Å². The van der Waals surface area contributed by atoms with Crippen LogP contribution in [0.5, 0.6) is 5.75 Å². The summed E-state index contributed by atoms with van der Waals surface area (Å²) in [5.41, 5.74) is 1.34. The van der Waals surface area contributed by atoms with Gasteiger partial charge in [0, 0.05) is 35.0 Å². The molecule has 1 aromatic heterocycles. The zero-order valence-electron chi connectivity index (χ0n) is 20.7. The number of phenols is 1. The van der Waals surface area contributed by atoms with E-state index < -0.39 is 42.6 Å². The molecule has 0 radical (unpaired) electrons. The summed E-state index contributed by atoms with van der Waals surface area (Å²) in [5.74, 6) is -3.56. The Labute approximate surface area is 237 Å². The topological polar surface area (TPSA) is 169 Å². The number of rotatable bonds is 10. The number of aliphatic hydroxyl groups is 1. The van der Waals surface area contributed by atoms with E-state index in [-0.39, 0.29) is 44.7 Å². The van der Waals surface area contributed by atoms with E-state index in [1.807, 2.05) is 0 Å². The first-order valence-corrected chi connectivity index (χ1v) is 12.7. The van der Waals surface area contributed by atoms with Crippen LogP contribution in [0.25, 0.3) is 10.9 Å². The number of carboxylic acid groups (broad SMARTS) is 1. The fourth-order valence-electron chi connectivity index (χ4n) is 4.20. The number of nitrogens with one attached hydrogen (secondary N) is 3. The maximum Gasteiger partial charge on any atom is 0.326 e. The predicted octanol–water partition coefficient (Wildman–Crippen LogP) is 4.06. The Balaban J connectivity index is 1.48. The number of aromatic amines is 1. The van der Waals surface area contributed by atoms with Crippen LogP contribution in [0, 0.1) is 0 Å². The number of hydrogen-bond donors (Lipinski definition) is 6. The van der Waals surface area contributed by atoms with Crippen LogP contribution < -0.4 is 10.6 Å². The number of carbonyl (C=O) groups excluding carboxylic acids is 3. The lowest BCUT2D eigenvalue weighted by atomic mass is 10.0. The van der Waals surface area contributed by atoms with Crippen molar-refractivity contribution < 1.29 is 34.5 Å². The summed E-state index contributed by atoms with van der Waals surface area (Å²) < 4.78 is 0. The van der Waals surface area contributed by atoms with Crippen LogP contribution in [0.15, 0.2) is 60.7 Å². The molecule has 12 heteroatoms. The molecule has 2 amide bonds. The molecule has 0 aliphatic carbocycles. The van der Waals surface area contributed by atoms with E-state index in [4.69, 9.17) is 23.2 Å². The number of amides is 2. The first kappa shape index (κ1) is 28.6. The number of aromatic nitrogens is 1. The average Bonchev–Trinajstić information content (AvgIpc) is 3.29. The normalized spacial score (nSPS) is 11.7. The van der Waals surface area contributed by atoms with Crippen LogP contribution in [0.1, 0.15) is 48.8 Å². The van der Waals surface area contributed by atoms with Gasteiger partial charge >= 0.3 is 5.97 Å². The Kier molecular flexibility index (Phi) is 8.73. The summed E-state index contributed by atoms with van der Waals surface area (Å²) in [6, 6.07) is 14.0. The fourth-order valence-corrected chi connectivity index (χ4v) is 4.90. The van der Waals surface area contributed by atoms with E-state index >= 15 is 0 Å². The van der Waals surface area contributed by atoms with Crippen LogP contribution in [-0.4, -0.2) is 49.9 Å². The third kappa shape index (κ3) is 6.26. The summed E-state index contributed by atoms with van der Waals surface area (Å²) in [6.45, 7) is -0.361. The Bertz CT molecular complexity index is 1610. The minimum Gasteiger partial charge on any atom is -0.508 e. The van der Waals surface area contributed by atoms with Gasteiger partial charge in [-0.3, -0.25) is 14.4 Å². The molecule has 0 fully saturated rings. The molecule has 1 unspecified atom stereocenters. The summed E-state index contributed by atoms with van der Waals surface area (Å²) in [4.78, 5) is 53.4. The second-order valence-corrected chi connectivity index (χ2v) is 9.66. The molecule has 1 heterocycles. The lowest BCUT2D eigenvalue weighted by Crippen LogP contribution is -2.42. The molecular weight excluding hydrogens is 561 g/mol. The largest absolute Gasteiger partial charge is 0.508 e. The highest BCUT2D eigenvalue weighted by Gasteiger charge is 2.29. The highest BCUT2D eigenvalue weighted by Crippen LogP contribution is 2.29. The monoisotopic (exact) mass is 583 g/mol. The molecule has 0 spiro atoms. The van der Waals surface area contributed by atoms with Gasteiger partial charge < -0.3 is 30.9 Å². The SMILES string of the molecule is O=C(NCc1cccc(O)c1)c1cc(Cl)c(C(=O)CC(NC(=O)c2[nH]c3ccccc3c2CO)C(=O)O)c(Cl)c1. The number of ketones is 1. The summed E-state index contributed by atoms with van der Waals surface area (Å²) in [7, 11) is 0. The number of carbonyl (C=O) groups is 4. The van der Waals surface area contributed by atoms with Crippen LogP contribution in [0.2, 0.25) is 10.0 Å². The van der Waals surface area contributed by atoms with Gasteiger partial charge in [0.25, 0.3) is 11.8 Å². The van der Waals surface area contributed by atoms with Crippen LogP contribution in [0.4, 0.5) is 0 Å². The predicted molar refractivity (Wildman–Crippen MR) is 148 cm³/mol. The van der Waals surface area contributed by atoms with Crippen molar-refractivity contribution in [3.05, 3.63) is 98.7 Å². The standard InChI is InChI=1S/C28H23Cl2N3O7/c29-19-9-15(26(37)31-12-14-4-3-5-16(35)8-14)10-20(30)24(19)23(36)11-22(28(39)40)33-27(38)25-18(13-34)17-6-1-2-7-21(17)32-25/h1-10,22,32,34-35H,11-13H2,(H,31,37)(H,33,38)(H,39,40). The van der Waals surface area contributed by atoms with Gasteiger partial charge in [-0.2, -0.15) is 0 Å². The minimum atomic E-state index is -1.64. The molecular formula is C28H23Cl2N3O7. The highest BCUT2D eigenvalue weighted by molar-refractivity contribution is 6.40. The van der Waals surface area contributed by atoms with Gasteiger partial charge in [-0.05, 0) is 35.9 Å². The Hall–Kier alpha value is -4.38. The molecule has 0 aliphatic rings. The van der Waals surface area contributed by atoms with Crippen molar-refractivity contribution in [3.8, 4) is 5.75 Å². The quantitative estimate of drug-likeness (QED) is 0.153. The van der Waals surface area contributed by atoms with Crippen molar-refractivity contribution in [1.29, 1.82) is 0 Å². The average molecular weight is 584 g/mol. The number of H-pyrrole nitrogens is 1. The van der Waals surface area contributed by atoms with Crippen molar-refractivity contribution in [1.82, 2.24) is 15.6 Å². The summed E-state index contributed by atoms with van der Waals surface area (Å²) in [5, 5.41) is 34.2. The smallest absolute Gasteiger partial charge is 0.326 e. The molecule has 0 saturated carbocycles. The molecule has 4 rings (SSSR count). The molecule has 40 heavy (non-hydrogen) atoms. The third-order valence-electron chi connectivity index (χ3n) is 6.14. The van der Waals surface area contributed by atoms with Gasteiger partial charge in [0.1, 0.15) is 17.5 Å². The Morgan fingerprint density at radius 2 is 1.62 bits per heavy atom. The second kappa shape index (κ2) is 12.2. The number of carboxylic acids is 1. The molecule has 206 valence electrons. The van der Waals surface area contributed by atoms with E-state index in [0.717, 1.165) is 0 Å². The Morgan fingerprint density at radius 1 is 0.925 bits per heavy atom. The first-order chi connectivity index (χ1) is 19.1. The number of aromatic hydroxyl groups is 1. The molecule has 0 saturated heterocycles. The van der Waals surface area contributed by atoms with Crippen LogP contribution in [0.3, 0.4) is 0 Å². The van der Waals surface area contributed by atoms with E-state index in [0.29, 0.717) is 16.5 Å². The van der Waals surface area contributed by atoms with E-state index in [1.54, 1.807) is 36.4 Å². The van der Waals surface area contributed by atoms with Crippen molar-refractivity contribution in [3.63, 3.8) is 0 Å². The molecule has 4 aromatic rings. The van der Waals surface area contributed by atoms with Crippen molar-refractivity contribution >= 4 is 57.7 Å². The van der Waals surface area contributed by atoms with E-state index in [2.05, 4.69) is 15.6 Å². The number of hydrogen-bond acceptors (Lipinski definition) is 6. The number of halogens is 2. The van der Waals surface area contributed by atoms with Crippen LogP contribution >= 0.6 is 23.2 Å². The first-order valence-electron chi connectivity index (χ1n) is 11.9. The van der Waals surface area contributed by atoms with E-state index in [9.17, 15) is 34.5 Å². The molecule has 0 aliphatic heterocycles. The van der Waals surface area contributed by atoms with Gasteiger partial charge in [0.2, 0.25) is 0 Å². The summed E-state index contributed by atoms with van der Waals surface area (Å²) >= 11 is 12.6. The molecule has 10 nitrogen and oxygen atoms in total. The highest BCUT2D eigenvalue weighted by atomic mass is 35.5. The zero-order valence-corrected chi connectivity index (χ0v) is 22.2. The number of fused-ring (bicyclic) bond motifs is 1. The van der Waals surface area contributed by atoms with E-state index in [1.165, 1.54) is 24.3 Å². The fraction of sp³-hybridized carbons (Fsp3) is 0.143. The van der Waals surface area contributed by atoms with Gasteiger partial charge in [-0.15, -0.1) is 0 Å².